The van der Waals surface area contributed by atoms with E-state index in [0.717, 1.165) is 13.1 Å². The number of benzene rings is 1. The molecule has 0 saturated carbocycles. The highest BCUT2D eigenvalue weighted by molar-refractivity contribution is 5.97. The van der Waals surface area contributed by atoms with Crippen molar-refractivity contribution in [2.45, 2.75) is 19.9 Å². The van der Waals surface area contributed by atoms with E-state index in [1.165, 1.54) is 18.2 Å². The quantitative estimate of drug-likeness (QED) is 0.732. The molecule has 0 aliphatic carbocycles. The Morgan fingerprint density at radius 1 is 1.32 bits per heavy atom. The van der Waals surface area contributed by atoms with Crippen molar-refractivity contribution in [3.05, 3.63) is 35.6 Å². The van der Waals surface area contributed by atoms with Crippen molar-refractivity contribution in [3.63, 3.8) is 0 Å². The van der Waals surface area contributed by atoms with Crippen molar-refractivity contribution in [2.24, 2.45) is 11.8 Å². The van der Waals surface area contributed by atoms with E-state index < -0.39 is 17.8 Å². The number of carbonyl (C=O) groups is 2. The summed E-state index contributed by atoms with van der Waals surface area (Å²) in [5.41, 5.74) is -0.0517. The van der Waals surface area contributed by atoms with Gasteiger partial charge >= 0.3 is 0 Å². The number of amides is 2. The van der Waals surface area contributed by atoms with Gasteiger partial charge in [-0.05, 0) is 18.1 Å². The van der Waals surface area contributed by atoms with Gasteiger partial charge in [0.25, 0.3) is 5.91 Å². The van der Waals surface area contributed by atoms with Crippen LogP contribution in [-0.2, 0) is 4.79 Å². The minimum Gasteiger partial charge on any atom is -0.354 e. The smallest absolute Gasteiger partial charge is 0.254 e. The molecular formula is C16H22FN3O2. The predicted octanol–water partition coefficient (Wildman–Crippen LogP) is 0.916. The number of nitrogens with one attached hydrogen (secondary N) is 3. The SMILES string of the molecule is CC(C)C(NC(=O)c1ccccc1F)C(=O)NCC1CNC1. The van der Waals surface area contributed by atoms with Crippen molar-refractivity contribution in [1.82, 2.24) is 16.0 Å². The van der Waals surface area contributed by atoms with E-state index in [0.29, 0.717) is 12.5 Å². The van der Waals surface area contributed by atoms with Gasteiger partial charge in [0.15, 0.2) is 0 Å². The highest BCUT2D eigenvalue weighted by Crippen LogP contribution is 2.09. The van der Waals surface area contributed by atoms with E-state index in [1.54, 1.807) is 6.07 Å². The Kier molecular flexibility index (Phi) is 5.49. The van der Waals surface area contributed by atoms with E-state index in [-0.39, 0.29) is 17.4 Å². The van der Waals surface area contributed by atoms with Gasteiger partial charge in [-0.15, -0.1) is 0 Å². The second kappa shape index (κ2) is 7.35. The Bertz CT molecular complexity index is 544. The predicted molar refractivity (Wildman–Crippen MR) is 81.9 cm³/mol. The zero-order chi connectivity index (χ0) is 16.1. The third-order valence-electron chi connectivity index (χ3n) is 3.79. The molecule has 0 bridgehead atoms. The summed E-state index contributed by atoms with van der Waals surface area (Å²) in [6.07, 6.45) is 0. The van der Waals surface area contributed by atoms with Crippen LogP contribution in [0.25, 0.3) is 0 Å². The Hall–Kier alpha value is -1.95. The normalized spacial score (nSPS) is 16.0. The molecule has 5 nitrogen and oxygen atoms in total. The van der Waals surface area contributed by atoms with Crippen molar-refractivity contribution in [1.29, 1.82) is 0 Å². The molecule has 2 rings (SSSR count). The molecule has 1 aliphatic heterocycles. The number of rotatable bonds is 6. The lowest BCUT2D eigenvalue weighted by atomic mass is 10.0. The highest BCUT2D eigenvalue weighted by atomic mass is 19.1. The first-order valence-corrected chi connectivity index (χ1v) is 7.53. The maximum absolute atomic E-state index is 13.6. The summed E-state index contributed by atoms with van der Waals surface area (Å²) in [4.78, 5) is 24.4. The Labute approximate surface area is 129 Å². The monoisotopic (exact) mass is 307 g/mol. The summed E-state index contributed by atoms with van der Waals surface area (Å²) in [7, 11) is 0. The van der Waals surface area contributed by atoms with Gasteiger partial charge in [0, 0.05) is 25.6 Å². The van der Waals surface area contributed by atoms with Crippen LogP contribution in [0.3, 0.4) is 0 Å². The van der Waals surface area contributed by atoms with Crippen LogP contribution in [0.15, 0.2) is 24.3 Å². The molecular weight excluding hydrogens is 285 g/mol. The van der Waals surface area contributed by atoms with Gasteiger partial charge in [-0.2, -0.15) is 0 Å². The standard InChI is InChI=1S/C16H22FN3O2/c1-10(2)14(16(22)19-9-11-7-18-8-11)20-15(21)12-5-3-4-6-13(12)17/h3-6,10-11,14,18H,7-9H2,1-2H3,(H,19,22)(H,20,21). The number of hydrogen-bond acceptors (Lipinski definition) is 3. The van der Waals surface area contributed by atoms with Crippen LogP contribution in [0, 0.1) is 17.7 Å². The molecule has 1 unspecified atom stereocenters. The van der Waals surface area contributed by atoms with Gasteiger partial charge in [0.05, 0.1) is 5.56 Å². The zero-order valence-electron chi connectivity index (χ0n) is 12.9. The maximum Gasteiger partial charge on any atom is 0.254 e. The van der Waals surface area contributed by atoms with Gasteiger partial charge in [-0.1, -0.05) is 26.0 Å². The van der Waals surface area contributed by atoms with Gasteiger partial charge in [-0.3, -0.25) is 9.59 Å². The Morgan fingerprint density at radius 3 is 2.55 bits per heavy atom. The lowest BCUT2D eigenvalue weighted by Crippen LogP contribution is -2.53. The molecule has 1 aliphatic rings. The van der Waals surface area contributed by atoms with Crippen LogP contribution in [0.1, 0.15) is 24.2 Å². The fourth-order valence-corrected chi connectivity index (χ4v) is 2.25. The average Bonchev–Trinajstić information content (AvgIpc) is 2.42. The molecule has 1 heterocycles. The first kappa shape index (κ1) is 16.4. The largest absolute Gasteiger partial charge is 0.354 e. The third-order valence-corrected chi connectivity index (χ3v) is 3.79. The molecule has 1 fully saturated rings. The maximum atomic E-state index is 13.6. The molecule has 3 N–H and O–H groups in total. The molecule has 1 aromatic rings. The molecule has 0 radical (unpaired) electrons. The van der Waals surface area contributed by atoms with Crippen LogP contribution < -0.4 is 16.0 Å². The first-order chi connectivity index (χ1) is 10.5. The molecule has 1 saturated heterocycles. The van der Waals surface area contributed by atoms with Gasteiger partial charge in [-0.25, -0.2) is 4.39 Å². The fraction of sp³-hybridized carbons (Fsp3) is 0.500. The minimum absolute atomic E-state index is 0.0517. The number of halogens is 1. The van der Waals surface area contributed by atoms with Crippen molar-refractivity contribution >= 4 is 11.8 Å². The molecule has 6 heteroatoms. The molecule has 120 valence electrons. The van der Waals surface area contributed by atoms with Crippen molar-refractivity contribution in [3.8, 4) is 0 Å². The van der Waals surface area contributed by atoms with Gasteiger partial charge < -0.3 is 16.0 Å². The summed E-state index contributed by atoms with van der Waals surface area (Å²) >= 11 is 0. The van der Waals surface area contributed by atoms with Crippen LogP contribution in [0.5, 0.6) is 0 Å². The first-order valence-electron chi connectivity index (χ1n) is 7.53. The van der Waals surface area contributed by atoms with E-state index in [9.17, 15) is 14.0 Å². The zero-order valence-corrected chi connectivity index (χ0v) is 12.9. The van der Waals surface area contributed by atoms with Crippen LogP contribution in [-0.4, -0.2) is 37.5 Å². The highest BCUT2D eigenvalue weighted by Gasteiger charge is 2.26. The van der Waals surface area contributed by atoms with Crippen LogP contribution >= 0.6 is 0 Å². The number of hydrogen-bond donors (Lipinski definition) is 3. The second-order valence-electron chi connectivity index (χ2n) is 5.94. The topological polar surface area (TPSA) is 70.2 Å². The average molecular weight is 307 g/mol. The fourth-order valence-electron chi connectivity index (χ4n) is 2.25. The molecule has 0 aromatic heterocycles. The summed E-state index contributed by atoms with van der Waals surface area (Å²) < 4.78 is 13.6. The lowest BCUT2D eigenvalue weighted by molar-refractivity contribution is -0.124. The summed E-state index contributed by atoms with van der Waals surface area (Å²) in [5.74, 6) is -1.04. The van der Waals surface area contributed by atoms with E-state index >= 15 is 0 Å². The van der Waals surface area contributed by atoms with E-state index in [2.05, 4.69) is 16.0 Å². The third kappa shape index (κ3) is 4.04. The molecule has 1 aromatic carbocycles. The van der Waals surface area contributed by atoms with Crippen LogP contribution in [0.4, 0.5) is 4.39 Å². The lowest BCUT2D eigenvalue weighted by Gasteiger charge is -2.29. The Morgan fingerprint density at radius 2 is 2.00 bits per heavy atom. The molecule has 22 heavy (non-hydrogen) atoms. The number of carbonyl (C=O) groups excluding carboxylic acids is 2. The summed E-state index contributed by atoms with van der Waals surface area (Å²) in [6.45, 7) is 6.07. The van der Waals surface area contributed by atoms with E-state index in [4.69, 9.17) is 0 Å². The van der Waals surface area contributed by atoms with E-state index in [1.807, 2.05) is 13.8 Å². The summed E-state index contributed by atoms with van der Waals surface area (Å²) in [5, 5.41) is 8.61. The van der Waals surface area contributed by atoms with Crippen molar-refractivity contribution < 1.29 is 14.0 Å². The second-order valence-corrected chi connectivity index (χ2v) is 5.94. The minimum atomic E-state index is -0.680. The Balaban J connectivity index is 1.97. The van der Waals surface area contributed by atoms with Gasteiger partial charge in [0.2, 0.25) is 5.91 Å². The van der Waals surface area contributed by atoms with Gasteiger partial charge in [0.1, 0.15) is 11.9 Å². The van der Waals surface area contributed by atoms with Crippen LogP contribution in [0.2, 0.25) is 0 Å². The molecule has 1 atom stereocenters. The molecule has 2 amide bonds. The molecule has 0 spiro atoms. The van der Waals surface area contributed by atoms with Crippen molar-refractivity contribution in [2.75, 3.05) is 19.6 Å². The summed E-state index contributed by atoms with van der Waals surface area (Å²) in [6, 6.07) is 5.06.